The van der Waals surface area contributed by atoms with Crippen LogP contribution in [0.15, 0.2) is 0 Å². The summed E-state index contributed by atoms with van der Waals surface area (Å²) < 4.78 is 0. The number of amides is 1. The molecule has 2 aliphatic carbocycles. The molecule has 3 nitrogen and oxygen atoms in total. The van der Waals surface area contributed by atoms with Gasteiger partial charge in [-0.25, -0.2) is 0 Å². The van der Waals surface area contributed by atoms with Gasteiger partial charge in [0.25, 0.3) is 0 Å². The Labute approximate surface area is 122 Å². The van der Waals surface area contributed by atoms with E-state index in [2.05, 4.69) is 0 Å². The molecule has 1 saturated heterocycles. The van der Waals surface area contributed by atoms with Gasteiger partial charge in [-0.05, 0) is 37.5 Å². The lowest BCUT2D eigenvalue weighted by Gasteiger charge is -2.39. The van der Waals surface area contributed by atoms with Crippen LogP contribution in [-0.2, 0) is 4.79 Å². The van der Waals surface area contributed by atoms with Crippen LogP contribution in [0, 0.1) is 17.8 Å². The molecular weight excluding hydrogens is 260 g/mol. The summed E-state index contributed by atoms with van der Waals surface area (Å²) in [5, 5.41) is 0. The summed E-state index contributed by atoms with van der Waals surface area (Å²) in [4.78, 5) is 14.5. The minimum atomic E-state index is 0. The van der Waals surface area contributed by atoms with Crippen molar-refractivity contribution in [2.45, 2.75) is 57.4 Å². The molecule has 4 heteroatoms. The summed E-state index contributed by atoms with van der Waals surface area (Å²) in [6.07, 6.45) is 10.2. The predicted molar refractivity (Wildman–Crippen MR) is 79.2 cm³/mol. The van der Waals surface area contributed by atoms with Gasteiger partial charge in [-0.15, -0.1) is 12.4 Å². The molecule has 2 saturated carbocycles. The van der Waals surface area contributed by atoms with Gasteiger partial charge in [0.1, 0.15) is 0 Å². The number of likely N-dealkylation sites (tertiary alicyclic amines) is 1. The van der Waals surface area contributed by atoms with Crippen LogP contribution in [0.1, 0.15) is 51.4 Å². The topological polar surface area (TPSA) is 46.3 Å². The fourth-order valence-corrected chi connectivity index (χ4v) is 4.34. The summed E-state index contributed by atoms with van der Waals surface area (Å²) in [5.41, 5.74) is 5.90. The monoisotopic (exact) mass is 286 g/mol. The van der Waals surface area contributed by atoms with Crippen molar-refractivity contribution in [1.82, 2.24) is 4.90 Å². The average Bonchev–Trinajstić information content (AvgIpc) is 2.84. The van der Waals surface area contributed by atoms with Gasteiger partial charge in [-0.1, -0.05) is 25.7 Å². The maximum absolute atomic E-state index is 12.5. The molecule has 4 atom stereocenters. The van der Waals surface area contributed by atoms with Crippen molar-refractivity contribution in [1.29, 1.82) is 0 Å². The molecule has 110 valence electrons. The smallest absolute Gasteiger partial charge is 0.225 e. The van der Waals surface area contributed by atoms with E-state index in [1.807, 2.05) is 4.90 Å². The number of nitrogens with zero attached hydrogens (tertiary/aromatic N) is 1. The molecule has 2 N–H and O–H groups in total. The van der Waals surface area contributed by atoms with E-state index in [9.17, 15) is 4.79 Å². The fourth-order valence-electron chi connectivity index (χ4n) is 4.34. The highest BCUT2D eigenvalue weighted by Crippen LogP contribution is 2.43. The van der Waals surface area contributed by atoms with Crippen molar-refractivity contribution in [2.24, 2.45) is 23.5 Å². The molecule has 0 aromatic rings. The number of carbonyl (C=O) groups excluding carboxylic acids is 1. The molecule has 3 rings (SSSR count). The van der Waals surface area contributed by atoms with Gasteiger partial charge in [-0.2, -0.15) is 0 Å². The number of hydrogen-bond acceptors (Lipinski definition) is 2. The molecule has 3 fully saturated rings. The highest BCUT2D eigenvalue weighted by atomic mass is 35.5. The summed E-state index contributed by atoms with van der Waals surface area (Å²) in [6, 6.07) is 0.222. The van der Waals surface area contributed by atoms with Gasteiger partial charge in [0, 0.05) is 25.0 Å². The first-order valence-electron chi connectivity index (χ1n) is 7.78. The van der Waals surface area contributed by atoms with E-state index in [1.54, 1.807) is 0 Å². The number of carbonyl (C=O) groups is 1. The zero-order valence-electron chi connectivity index (χ0n) is 11.7. The number of rotatable bonds is 1. The highest BCUT2D eigenvalue weighted by molar-refractivity contribution is 5.85. The molecule has 0 spiro atoms. The molecule has 1 amide bonds. The summed E-state index contributed by atoms with van der Waals surface area (Å²) in [6.45, 7) is 1.69. The van der Waals surface area contributed by atoms with E-state index >= 15 is 0 Å². The molecule has 3 aliphatic rings. The lowest BCUT2D eigenvalue weighted by atomic mass is 9.67. The first kappa shape index (κ1) is 15.1. The average molecular weight is 287 g/mol. The Hall–Kier alpha value is -0.280. The Bertz CT molecular complexity index is 323. The second-order valence-corrected chi connectivity index (χ2v) is 6.65. The number of halogens is 1. The second kappa shape index (κ2) is 6.45. The van der Waals surface area contributed by atoms with E-state index in [-0.39, 0.29) is 18.4 Å². The van der Waals surface area contributed by atoms with Crippen LogP contribution in [0.3, 0.4) is 0 Å². The van der Waals surface area contributed by atoms with Gasteiger partial charge in [0.05, 0.1) is 0 Å². The first-order valence-corrected chi connectivity index (χ1v) is 7.78. The number of nitrogens with two attached hydrogens (primary N) is 1. The lowest BCUT2D eigenvalue weighted by molar-refractivity contribution is -0.136. The van der Waals surface area contributed by atoms with Gasteiger partial charge in [-0.3, -0.25) is 4.79 Å². The van der Waals surface area contributed by atoms with Crippen molar-refractivity contribution < 1.29 is 4.79 Å². The molecule has 1 heterocycles. The zero-order valence-corrected chi connectivity index (χ0v) is 12.5. The summed E-state index contributed by atoms with van der Waals surface area (Å²) >= 11 is 0. The van der Waals surface area contributed by atoms with E-state index in [0.717, 1.165) is 44.2 Å². The van der Waals surface area contributed by atoms with Crippen LogP contribution in [0.25, 0.3) is 0 Å². The Morgan fingerprint density at radius 3 is 2.42 bits per heavy atom. The lowest BCUT2D eigenvalue weighted by Crippen LogP contribution is -2.40. The normalized spacial score (nSPS) is 38.5. The standard InChI is InChI=1S/C15H26N2O.ClH/c16-14-7-8-17(10-14)15(18)13-6-5-11-3-1-2-4-12(11)9-13;/h11-14H,1-10,16H2;1H. The summed E-state index contributed by atoms with van der Waals surface area (Å²) in [7, 11) is 0. The van der Waals surface area contributed by atoms with Gasteiger partial charge < -0.3 is 10.6 Å². The maximum Gasteiger partial charge on any atom is 0.225 e. The van der Waals surface area contributed by atoms with Crippen LogP contribution in [0.5, 0.6) is 0 Å². The SMILES string of the molecule is Cl.NC1CCN(C(=O)C2CCC3CCCCC3C2)C1. The van der Waals surface area contributed by atoms with Gasteiger partial charge in [0.15, 0.2) is 0 Å². The van der Waals surface area contributed by atoms with Crippen LogP contribution in [-0.4, -0.2) is 29.9 Å². The van der Waals surface area contributed by atoms with Crippen LogP contribution in [0.4, 0.5) is 0 Å². The number of fused-ring (bicyclic) bond motifs is 1. The molecule has 0 aromatic carbocycles. The second-order valence-electron chi connectivity index (χ2n) is 6.65. The highest BCUT2D eigenvalue weighted by Gasteiger charge is 2.37. The largest absolute Gasteiger partial charge is 0.341 e. The Morgan fingerprint density at radius 2 is 1.74 bits per heavy atom. The van der Waals surface area contributed by atoms with Crippen molar-refractivity contribution in [3.63, 3.8) is 0 Å². The van der Waals surface area contributed by atoms with E-state index in [4.69, 9.17) is 5.73 Å². The van der Waals surface area contributed by atoms with Crippen molar-refractivity contribution in [2.75, 3.05) is 13.1 Å². The third kappa shape index (κ3) is 3.25. The quantitative estimate of drug-likeness (QED) is 0.805. The van der Waals surface area contributed by atoms with Crippen LogP contribution < -0.4 is 5.73 Å². The third-order valence-corrected chi connectivity index (χ3v) is 5.43. The van der Waals surface area contributed by atoms with Crippen molar-refractivity contribution in [3.8, 4) is 0 Å². The molecule has 0 radical (unpaired) electrons. The van der Waals surface area contributed by atoms with Gasteiger partial charge >= 0.3 is 0 Å². The Balaban J connectivity index is 0.00000133. The Morgan fingerprint density at radius 1 is 1.00 bits per heavy atom. The van der Waals surface area contributed by atoms with Crippen molar-refractivity contribution >= 4 is 18.3 Å². The Kier molecular flexibility index (Phi) is 5.13. The van der Waals surface area contributed by atoms with E-state index < -0.39 is 0 Å². The molecular formula is C15H27ClN2O. The minimum absolute atomic E-state index is 0. The fraction of sp³-hybridized carbons (Fsp3) is 0.933. The van der Waals surface area contributed by atoms with E-state index in [0.29, 0.717) is 11.8 Å². The molecule has 1 aliphatic heterocycles. The summed E-state index contributed by atoms with van der Waals surface area (Å²) in [5.74, 6) is 2.50. The minimum Gasteiger partial charge on any atom is -0.341 e. The molecule has 0 bridgehead atoms. The third-order valence-electron chi connectivity index (χ3n) is 5.43. The first-order chi connectivity index (χ1) is 8.74. The zero-order chi connectivity index (χ0) is 12.5. The molecule has 0 aromatic heterocycles. The molecule has 19 heavy (non-hydrogen) atoms. The molecule has 4 unspecified atom stereocenters. The maximum atomic E-state index is 12.5. The van der Waals surface area contributed by atoms with Crippen molar-refractivity contribution in [3.05, 3.63) is 0 Å². The number of hydrogen-bond donors (Lipinski definition) is 1. The van der Waals surface area contributed by atoms with Crippen LogP contribution in [0.2, 0.25) is 0 Å². The van der Waals surface area contributed by atoms with E-state index in [1.165, 1.54) is 32.1 Å². The van der Waals surface area contributed by atoms with Gasteiger partial charge in [0.2, 0.25) is 5.91 Å². The van der Waals surface area contributed by atoms with Crippen LogP contribution >= 0.6 is 12.4 Å². The predicted octanol–water partition coefficient (Wildman–Crippen LogP) is 2.57.